The molecule has 2 rings (SSSR count). The minimum absolute atomic E-state index is 0.00787. The lowest BCUT2D eigenvalue weighted by molar-refractivity contribution is -0.135. The summed E-state index contributed by atoms with van der Waals surface area (Å²) in [4.78, 5) is 30.1. The standard InChI is InChI=1S/C15H28N4O2/c1-13(16)15(21)19-10-8-17(9-11-19)12-14(20)18-6-4-2-3-5-7-18/h13H,2-12,16H2,1H3. The predicted molar refractivity (Wildman–Crippen MR) is 81.7 cm³/mol. The van der Waals surface area contributed by atoms with Gasteiger partial charge < -0.3 is 15.5 Å². The number of piperazine rings is 1. The molecule has 0 aromatic rings. The van der Waals surface area contributed by atoms with Gasteiger partial charge in [0.1, 0.15) is 0 Å². The number of hydrogen-bond donors (Lipinski definition) is 1. The number of carbonyl (C=O) groups excluding carboxylic acids is 2. The van der Waals surface area contributed by atoms with Crippen molar-refractivity contribution in [2.24, 2.45) is 5.73 Å². The third kappa shape index (κ3) is 4.68. The Balaban J connectivity index is 1.75. The Morgan fingerprint density at radius 2 is 1.48 bits per heavy atom. The van der Waals surface area contributed by atoms with Crippen LogP contribution in [0.25, 0.3) is 0 Å². The number of nitrogens with two attached hydrogens (primary N) is 1. The predicted octanol–water partition coefficient (Wildman–Crippen LogP) is -0.120. The lowest BCUT2D eigenvalue weighted by Gasteiger charge is -2.36. The fraction of sp³-hybridized carbons (Fsp3) is 0.867. The molecule has 1 atom stereocenters. The molecule has 120 valence electrons. The number of amides is 2. The molecule has 2 fully saturated rings. The second-order valence-electron chi connectivity index (χ2n) is 6.19. The SMILES string of the molecule is CC(N)C(=O)N1CCN(CC(=O)N2CCCCCC2)CC1. The van der Waals surface area contributed by atoms with Gasteiger partial charge in [-0.2, -0.15) is 0 Å². The highest BCUT2D eigenvalue weighted by molar-refractivity contribution is 5.81. The van der Waals surface area contributed by atoms with Crippen LogP contribution in [0.4, 0.5) is 0 Å². The van der Waals surface area contributed by atoms with E-state index in [9.17, 15) is 9.59 Å². The Labute approximate surface area is 127 Å². The van der Waals surface area contributed by atoms with Gasteiger partial charge in [0.05, 0.1) is 12.6 Å². The maximum atomic E-state index is 12.3. The van der Waals surface area contributed by atoms with Gasteiger partial charge in [-0.1, -0.05) is 12.8 Å². The lowest BCUT2D eigenvalue weighted by Crippen LogP contribution is -2.54. The number of nitrogens with zero attached hydrogens (tertiary/aromatic N) is 3. The highest BCUT2D eigenvalue weighted by Gasteiger charge is 2.25. The summed E-state index contributed by atoms with van der Waals surface area (Å²) in [6.07, 6.45) is 4.73. The van der Waals surface area contributed by atoms with Gasteiger partial charge in [-0.25, -0.2) is 0 Å². The molecule has 2 heterocycles. The summed E-state index contributed by atoms with van der Waals surface area (Å²) >= 11 is 0. The van der Waals surface area contributed by atoms with Crippen molar-refractivity contribution in [1.29, 1.82) is 0 Å². The molecule has 0 spiro atoms. The van der Waals surface area contributed by atoms with Crippen LogP contribution >= 0.6 is 0 Å². The molecule has 2 aliphatic heterocycles. The Kier molecular flexibility index (Phi) is 5.99. The third-order valence-electron chi connectivity index (χ3n) is 4.39. The first-order valence-electron chi connectivity index (χ1n) is 8.12. The first kappa shape index (κ1) is 16.2. The van der Waals surface area contributed by atoms with Crippen LogP contribution < -0.4 is 5.73 Å². The average molecular weight is 296 g/mol. The van der Waals surface area contributed by atoms with Crippen molar-refractivity contribution in [3.8, 4) is 0 Å². The summed E-state index contributed by atoms with van der Waals surface area (Å²) in [7, 11) is 0. The Hall–Kier alpha value is -1.14. The van der Waals surface area contributed by atoms with E-state index in [1.54, 1.807) is 11.8 Å². The van der Waals surface area contributed by atoms with Crippen LogP contribution in [-0.4, -0.2) is 78.4 Å². The van der Waals surface area contributed by atoms with Crippen molar-refractivity contribution < 1.29 is 9.59 Å². The largest absolute Gasteiger partial charge is 0.342 e. The van der Waals surface area contributed by atoms with Crippen LogP contribution in [0.5, 0.6) is 0 Å². The Morgan fingerprint density at radius 3 is 2.00 bits per heavy atom. The maximum Gasteiger partial charge on any atom is 0.239 e. The van der Waals surface area contributed by atoms with E-state index in [0.29, 0.717) is 19.6 Å². The van der Waals surface area contributed by atoms with Gasteiger partial charge in [0.15, 0.2) is 0 Å². The molecule has 2 amide bonds. The van der Waals surface area contributed by atoms with Crippen LogP contribution in [0, 0.1) is 0 Å². The summed E-state index contributed by atoms with van der Waals surface area (Å²) in [6.45, 7) is 6.89. The molecule has 0 aromatic heterocycles. The quantitative estimate of drug-likeness (QED) is 0.788. The second kappa shape index (κ2) is 7.75. The zero-order valence-corrected chi connectivity index (χ0v) is 13.1. The molecule has 6 heteroatoms. The fourth-order valence-corrected chi connectivity index (χ4v) is 3.03. The molecular weight excluding hydrogens is 268 g/mol. The van der Waals surface area contributed by atoms with Crippen molar-refractivity contribution in [2.75, 3.05) is 45.8 Å². The van der Waals surface area contributed by atoms with E-state index in [1.807, 2.05) is 4.90 Å². The normalized spacial score (nSPS) is 22.8. The van der Waals surface area contributed by atoms with E-state index >= 15 is 0 Å². The highest BCUT2D eigenvalue weighted by Crippen LogP contribution is 2.11. The molecule has 6 nitrogen and oxygen atoms in total. The summed E-state index contributed by atoms with van der Waals surface area (Å²) in [6, 6.07) is -0.435. The Bertz CT molecular complexity index is 357. The van der Waals surface area contributed by atoms with E-state index in [-0.39, 0.29) is 11.8 Å². The molecule has 2 aliphatic rings. The number of rotatable bonds is 3. The zero-order valence-electron chi connectivity index (χ0n) is 13.1. The van der Waals surface area contributed by atoms with Gasteiger partial charge in [-0.15, -0.1) is 0 Å². The first-order chi connectivity index (χ1) is 10.1. The molecular formula is C15H28N4O2. The van der Waals surface area contributed by atoms with E-state index in [0.717, 1.165) is 39.0 Å². The van der Waals surface area contributed by atoms with E-state index in [2.05, 4.69) is 4.90 Å². The molecule has 0 saturated carbocycles. The van der Waals surface area contributed by atoms with Crippen LogP contribution in [0.2, 0.25) is 0 Å². The van der Waals surface area contributed by atoms with E-state index in [4.69, 9.17) is 5.73 Å². The monoisotopic (exact) mass is 296 g/mol. The molecule has 2 N–H and O–H groups in total. The highest BCUT2D eigenvalue weighted by atomic mass is 16.2. The van der Waals surface area contributed by atoms with E-state index in [1.165, 1.54) is 12.8 Å². The smallest absolute Gasteiger partial charge is 0.239 e. The van der Waals surface area contributed by atoms with Crippen molar-refractivity contribution in [3.63, 3.8) is 0 Å². The summed E-state index contributed by atoms with van der Waals surface area (Å²) in [5.74, 6) is 0.248. The number of carbonyl (C=O) groups is 2. The minimum atomic E-state index is -0.435. The van der Waals surface area contributed by atoms with Crippen molar-refractivity contribution >= 4 is 11.8 Å². The van der Waals surface area contributed by atoms with Gasteiger partial charge in [0, 0.05) is 39.3 Å². The van der Waals surface area contributed by atoms with Crippen LogP contribution in [0.15, 0.2) is 0 Å². The molecule has 21 heavy (non-hydrogen) atoms. The molecule has 1 unspecified atom stereocenters. The van der Waals surface area contributed by atoms with Gasteiger partial charge in [-0.3, -0.25) is 14.5 Å². The van der Waals surface area contributed by atoms with Crippen LogP contribution in [0.3, 0.4) is 0 Å². The fourth-order valence-electron chi connectivity index (χ4n) is 3.03. The summed E-state index contributed by atoms with van der Waals surface area (Å²) in [5.41, 5.74) is 5.63. The van der Waals surface area contributed by atoms with Crippen molar-refractivity contribution in [1.82, 2.24) is 14.7 Å². The van der Waals surface area contributed by atoms with Crippen molar-refractivity contribution in [3.05, 3.63) is 0 Å². The summed E-state index contributed by atoms with van der Waals surface area (Å²) < 4.78 is 0. The van der Waals surface area contributed by atoms with Crippen molar-refractivity contribution in [2.45, 2.75) is 38.6 Å². The maximum absolute atomic E-state index is 12.3. The van der Waals surface area contributed by atoms with E-state index < -0.39 is 6.04 Å². The molecule has 0 aliphatic carbocycles. The van der Waals surface area contributed by atoms with Gasteiger partial charge in [0.25, 0.3) is 0 Å². The van der Waals surface area contributed by atoms with Gasteiger partial charge in [0.2, 0.25) is 11.8 Å². The summed E-state index contributed by atoms with van der Waals surface area (Å²) in [5, 5.41) is 0. The molecule has 0 aromatic carbocycles. The molecule has 0 bridgehead atoms. The second-order valence-corrected chi connectivity index (χ2v) is 6.19. The zero-order chi connectivity index (χ0) is 15.2. The minimum Gasteiger partial charge on any atom is -0.342 e. The number of hydrogen-bond acceptors (Lipinski definition) is 4. The third-order valence-corrected chi connectivity index (χ3v) is 4.39. The van der Waals surface area contributed by atoms with Crippen LogP contribution in [0.1, 0.15) is 32.6 Å². The molecule has 2 saturated heterocycles. The number of likely N-dealkylation sites (tertiary alicyclic amines) is 1. The van der Waals surface area contributed by atoms with Gasteiger partial charge >= 0.3 is 0 Å². The topological polar surface area (TPSA) is 69.9 Å². The Morgan fingerprint density at radius 1 is 0.905 bits per heavy atom. The lowest BCUT2D eigenvalue weighted by atomic mass is 10.2. The van der Waals surface area contributed by atoms with Gasteiger partial charge in [-0.05, 0) is 19.8 Å². The first-order valence-corrected chi connectivity index (χ1v) is 8.12. The average Bonchev–Trinajstić information content (AvgIpc) is 2.76. The molecule has 0 radical (unpaired) electrons. The van der Waals surface area contributed by atoms with Crippen LogP contribution in [-0.2, 0) is 9.59 Å².